The molecule has 6 nitrogen and oxygen atoms in total. The molecule has 1 aromatic heterocycles. The molecule has 0 aliphatic rings. The number of nitrogens with one attached hydrogen (secondary N) is 1. The molecule has 27 heavy (non-hydrogen) atoms. The number of benzene rings is 2. The Hall–Kier alpha value is -2.57. The summed E-state index contributed by atoms with van der Waals surface area (Å²) in [6.07, 6.45) is -0.641. The van der Waals surface area contributed by atoms with Gasteiger partial charge in [0.15, 0.2) is 17.6 Å². The number of carbonyl (C=O) groups is 2. The van der Waals surface area contributed by atoms with Crippen molar-refractivity contribution in [1.82, 2.24) is 4.98 Å². The van der Waals surface area contributed by atoms with Gasteiger partial charge in [0.25, 0.3) is 5.91 Å². The Labute approximate surface area is 165 Å². The van der Waals surface area contributed by atoms with E-state index < -0.39 is 18.0 Å². The highest BCUT2D eigenvalue weighted by molar-refractivity contribution is 6.35. The summed E-state index contributed by atoms with van der Waals surface area (Å²) in [6, 6.07) is 12.0. The van der Waals surface area contributed by atoms with Crippen molar-refractivity contribution in [3.8, 4) is 0 Å². The second-order valence-corrected chi connectivity index (χ2v) is 6.73. The lowest BCUT2D eigenvalue weighted by Crippen LogP contribution is -2.30. The molecule has 0 fully saturated rings. The lowest BCUT2D eigenvalue weighted by atomic mass is 10.3. The minimum atomic E-state index is -0.973. The van der Waals surface area contributed by atoms with E-state index in [2.05, 4.69) is 10.3 Å². The molecule has 0 aliphatic carbocycles. The van der Waals surface area contributed by atoms with Gasteiger partial charge >= 0.3 is 5.97 Å². The summed E-state index contributed by atoms with van der Waals surface area (Å²) >= 11 is 11.8. The Balaban J connectivity index is 1.51. The summed E-state index contributed by atoms with van der Waals surface area (Å²) in [5.41, 5.74) is 1.81. The minimum absolute atomic E-state index is 0.0490. The van der Waals surface area contributed by atoms with E-state index in [-0.39, 0.29) is 12.8 Å². The molecule has 1 heterocycles. The van der Waals surface area contributed by atoms with Crippen LogP contribution in [0, 0.1) is 0 Å². The van der Waals surface area contributed by atoms with Crippen molar-refractivity contribution < 1.29 is 18.7 Å². The Bertz CT molecular complexity index is 934. The first-order valence-electron chi connectivity index (χ1n) is 8.21. The topological polar surface area (TPSA) is 81.4 Å². The average molecular weight is 407 g/mol. The van der Waals surface area contributed by atoms with Crippen LogP contribution >= 0.6 is 23.2 Å². The van der Waals surface area contributed by atoms with Crippen molar-refractivity contribution in [1.29, 1.82) is 0 Å². The normalized spacial score (nSPS) is 12.0. The molecule has 1 atom stereocenters. The Morgan fingerprint density at radius 1 is 1.19 bits per heavy atom. The molecule has 140 valence electrons. The first kappa shape index (κ1) is 19.2. The molecular formula is C19H16Cl2N2O4. The van der Waals surface area contributed by atoms with Gasteiger partial charge in [0.1, 0.15) is 5.52 Å². The van der Waals surface area contributed by atoms with E-state index in [0.717, 1.165) is 5.52 Å². The average Bonchev–Trinajstić information content (AvgIpc) is 3.02. The summed E-state index contributed by atoms with van der Waals surface area (Å²) in [5.74, 6) is -0.564. The van der Waals surface area contributed by atoms with Crippen molar-refractivity contribution in [3.63, 3.8) is 0 Å². The van der Waals surface area contributed by atoms with Crippen LogP contribution in [-0.2, 0) is 20.7 Å². The van der Waals surface area contributed by atoms with Crippen LogP contribution in [0.15, 0.2) is 46.9 Å². The zero-order chi connectivity index (χ0) is 19.4. The molecule has 1 amide bonds. The molecular weight excluding hydrogens is 391 g/mol. The van der Waals surface area contributed by atoms with Crippen molar-refractivity contribution in [2.45, 2.75) is 25.9 Å². The fourth-order valence-corrected chi connectivity index (χ4v) is 2.94. The second-order valence-electron chi connectivity index (χ2n) is 5.85. The molecule has 0 spiro atoms. The maximum atomic E-state index is 12.2. The molecule has 0 radical (unpaired) electrons. The molecule has 0 unspecified atom stereocenters. The summed E-state index contributed by atoms with van der Waals surface area (Å²) < 4.78 is 10.7. The van der Waals surface area contributed by atoms with Crippen LogP contribution in [-0.4, -0.2) is 23.0 Å². The first-order chi connectivity index (χ1) is 12.9. The van der Waals surface area contributed by atoms with Crippen LogP contribution in [0.4, 0.5) is 5.69 Å². The zero-order valence-electron chi connectivity index (χ0n) is 14.4. The smallest absolute Gasteiger partial charge is 0.307 e. The number of fused-ring (bicyclic) bond motifs is 1. The maximum absolute atomic E-state index is 12.2. The first-order valence-corrected chi connectivity index (χ1v) is 8.97. The van der Waals surface area contributed by atoms with Gasteiger partial charge in [-0.3, -0.25) is 9.59 Å². The van der Waals surface area contributed by atoms with Gasteiger partial charge < -0.3 is 14.5 Å². The van der Waals surface area contributed by atoms with E-state index in [1.807, 2.05) is 18.2 Å². The Morgan fingerprint density at radius 3 is 2.59 bits per heavy atom. The SMILES string of the molecule is C[C@@H](OC(=O)CCc1nc2ccccc2o1)C(=O)Nc1cc(Cl)cc(Cl)c1. The van der Waals surface area contributed by atoms with Gasteiger partial charge in [-0.05, 0) is 37.3 Å². The summed E-state index contributed by atoms with van der Waals surface area (Å²) in [6.45, 7) is 1.48. The number of hydrogen-bond donors (Lipinski definition) is 1. The van der Waals surface area contributed by atoms with Gasteiger partial charge in [0, 0.05) is 22.2 Å². The van der Waals surface area contributed by atoms with E-state index in [1.165, 1.54) is 6.92 Å². The molecule has 0 bridgehead atoms. The number of hydrogen-bond acceptors (Lipinski definition) is 5. The number of aromatic nitrogens is 1. The molecule has 8 heteroatoms. The van der Waals surface area contributed by atoms with Gasteiger partial charge in [-0.15, -0.1) is 0 Å². The van der Waals surface area contributed by atoms with Crippen LogP contribution in [0.5, 0.6) is 0 Å². The molecule has 0 saturated carbocycles. The zero-order valence-corrected chi connectivity index (χ0v) is 15.9. The van der Waals surface area contributed by atoms with E-state index in [4.69, 9.17) is 32.4 Å². The van der Waals surface area contributed by atoms with Crippen molar-refractivity contribution in [3.05, 3.63) is 58.4 Å². The number of amides is 1. The number of anilines is 1. The standard InChI is InChI=1S/C19H16Cl2N2O4/c1-11(19(25)22-14-9-12(20)8-13(21)10-14)26-18(24)7-6-17-23-15-4-2-3-5-16(15)27-17/h2-5,8-11H,6-7H2,1H3,(H,22,25)/t11-/m1/s1. The molecule has 0 aliphatic heterocycles. The number of oxazole rings is 1. The molecule has 3 aromatic rings. The Kier molecular flexibility index (Phi) is 5.98. The molecule has 3 rings (SSSR count). The highest BCUT2D eigenvalue weighted by Gasteiger charge is 2.19. The van der Waals surface area contributed by atoms with E-state index >= 15 is 0 Å². The monoisotopic (exact) mass is 406 g/mol. The van der Waals surface area contributed by atoms with Crippen molar-refractivity contribution in [2.75, 3.05) is 5.32 Å². The van der Waals surface area contributed by atoms with Crippen LogP contribution in [0.25, 0.3) is 11.1 Å². The van der Waals surface area contributed by atoms with E-state index in [9.17, 15) is 9.59 Å². The Morgan fingerprint density at radius 2 is 1.89 bits per heavy atom. The number of nitrogens with zero attached hydrogens (tertiary/aromatic N) is 1. The number of para-hydroxylation sites is 2. The van der Waals surface area contributed by atoms with Crippen molar-refractivity contribution in [2.24, 2.45) is 0 Å². The quantitative estimate of drug-likeness (QED) is 0.603. The molecule has 1 N–H and O–H groups in total. The number of ether oxygens (including phenoxy) is 1. The lowest BCUT2D eigenvalue weighted by Gasteiger charge is -2.13. The van der Waals surface area contributed by atoms with Gasteiger partial charge in [-0.25, -0.2) is 4.98 Å². The number of carbonyl (C=O) groups excluding carboxylic acids is 2. The lowest BCUT2D eigenvalue weighted by molar-refractivity contribution is -0.153. The third-order valence-electron chi connectivity index (χ3n) is 3.69. The van der Waals surface area contributed by atoms with Crippen molar-refractivity contribution >= 4 is 51.9 Å². The maximum Gasteiger partial charge on any atom is 0.307 e. The molecule has 2 aromatic carbocycles. The molecule has 0 saturated heterocycles. The largest absolute Gasteiger partial charge is 0.453 e. The number of rotatable bonds is 6. The van der Waals surface area contributed by atoms with Crippen LogP contribution in [0.1, 0.15) is 19.2 Å². The van der Waals surface area contributed by atoms with E-state index in [1.54, 1.807) is 24.3 Å². The predicted octanol–water partition coefficient (Wildman–Crippen LogP) is 4.64. The highest BCUT2D eigenvalue weighted by Crippen LogP contribution is 2.22. The second kappa shape index (κ2) is 8.41. The third-order valence-corrected chi connectivity index (χ3v) is 4.13. The minimum Gasteiger partial charge on any atom is -0.453 e. The van der Waals surface area contributed by atoms with Gasteiger partial charge in [-0.1, -0.05) is 35.3 Å². The van der Waals surface area contributed by atoms with Crippen LogP contribution < -0.4 is 5.32 Å². The predicted molar refractivity (Wildman–Crippen MR) is 103 cm³/mol. The van der Waals surface area contributed by atoms with Gasteiger partial charge in [-0.2, -0.15) is 0 Å². The highest BCUT2D eigenvalue weighted by atomic mass is 35.5. The number of aryl methyl sites for hydroxylation is 1. The van der Waals surface area contributed by atoms with Crippen LogP contribution in [0.3, 0.4) is 0 Å². The van der Waals surface area contributed by atoms with Gasteiger partial charge in [0.05, 0.1) is 6.42 Å². The summed E-state index contributed by atoms with van der Waals surface area (Å²) in [7, 11) is 0. The fraction of sp³-hybridized carbons (Fsp3) is 0.211. The fourth-order valence-electron chi connectivity index (χ4n) is 2.42. The third kappa shape index (κ3) is 5.21. The van der Waals surface area contributed by atoms with E-state index in [0.29, 0.717) is 27.2 Å². The number of esters is 1. The van der Waals surface area contributed by atoms with Crippen LogP contribution in [0.2, 0.25) is 10.0 Å². The summed E-state index contributed by atoms with van der Waals surface area (Å²) in [5, 5.41) is 3.38. The van der Waals surface area contributed by atoms with Gasteiger partial charge in [0.2, 0.25) is 0 Å². The number of halogens is 2. The summed E-state index contributed by atoms with van der Waals surface area (Å²) in [4.78, 5) is 28.4.